The highest BCUT2D eigenvalue weighted by atomic mass is 35.7. The summed E-state index contributed by atoms with van der Waals surface area (Å²) < 4.78 is 47.1. The van der Waals surface area contributed by atoms with Crippen molar-refractivity contribution in [2.75, 3.05) is 14.2 Å². The Balaban J connectivity index is 0.000000537. The maximum atomic E-state index is 8.49. The van der Waals surface area contributed by atoms with Crippen LogP contribution in [0.15, 0.2) is 48.5 Å². The van der Waals surface area contributed by atoms with Gasteiger partial charge in [-0.15, -0.1) is 10.2 Å². The summed E-state index contributed by atoms with van der Waals surface area (Å²) in [6.07, 6.45) is 4.28. The maximum absolute atomic E-state index is 8.49. The zero-order chi connectivity index (χ0) is 21.6. The summed E-state index contributed by atoms with van der Waals surface area (Å²) in [5.41, 5.74) is 3.49. The lowest BCUT2D eigenvalue weighted by Crippen LogP contribution is -2.68. The molecule has 1 heterocycles. The Kier molecular flexibility index (Phi) is 7.55. The van der Waals surface area contributed by atoms with Gasteiger partial charge in [0.25, 0.3) is 0 Å². The van der Waals surface area contributed by atoms with Gasteiger partial charge in [0, 0.05) is 19.1 Å². The van der Waals surface area contributed by atoms with Crippen LogP contribution >= 0.6 is 0 Å². The molecule has 0 atom stereocenters. The first kappa shape index (κ1) is 22.6. The number of methoxy groups -OCH3 is 2. The number of hydrogen-bond acceptors (Lipinski definition) is 6. The van der Waals surface area contributed by atoms with Crippen LogP contribution < -0.4 is 32.7 Å². The molecule has 0 N–H and O–H groups in total. The molecule has 0 unspecified atom stereocenters. The average Bonchev–Trinajstić information content (AvgIpc) is 2.67. The molecular weight excluding hydrogens is 398 g/mol. The van der Waals surface area contributed by atoms with Gasteiger partial charge in [-0.05, 0) is 29.2 Å². The van der Waals surface area contributed by atoms with Crippen molar-refractivity contribution in [3.63, 3.8) is 0 Å². The molecule has 0 saturated heterocycles. The van der Waals surface area contributed by atoms with Crippen molar-refractivity contribution in [3.05, 3.63) is 65.5 Å². The fraction of sp³-hybridized carbons (Fsp3) is 0.190. The van der Waals surface area contributed by atoms with Crippen molar-refractivity contribution < 1.29 is 42.9 Å². The van der Waals surface area contributed by atoms with Crippen LogP contribution in [0.3, 0.4) is 0 Å². The van der Waals surface area contributed by atoms with Gasteiger partial charge >= 0.3 is 0 Å². The van der Waals surface area contributed by atoms with E-state index in [-0.39, 0.29) is 0 Å². The summed E-state index contributed by atoms with van der Waals surface area (Å²) >= 11 is 0. The Morgan fingerprint density at radius 3 is 1.97 bits per heavy atom. The number of pyridine rings is 1. The van der Waals surface area contributed by atoms with Crippen molar-refractivity contribution in [1.82, 2.24) is 0 Å². The summed E-state index contributed by atoms with van der Waals surface area (Å²) in [5.74, 6) is 1.49. The normalized spacial score (nSPS) is 11.3. The highest BCUT2D eigenvalue weighted by molar-refractivity contribution is 5.92. The fourth-order valence-electron chi connectivity index (χ4n) is 2.87. The van der Waals surface area contributed by atoms with E-state index in [9.17, 15) is 0 Å². The number of ether oxygens (including phenoxy) is 2. The third-order valence-electron chi connectivity index (χ3n) is 4.32. The Labute approximate surface area is 171 Å². The number of rotatable bonds is 4. The van der Waals surface area contributed by atoms with Crippen molar-refractivity contribution in [1.29, 1.82) is 0 Å². The number of fused-ring (bicyclic) bond motifs is 1. The number of nitrogens with zero attached hydrogens (tertiary/aromatic N) is 1. The number of aryl methyl sites for hydroxylation is 1. The standard InChI is InChI=1S/C21H22NO2.ClHO4/c1-15-12-17-13-20(23-3)21(24-4)14-18(17)19(22(15)2)11-10-16-8-6-5-7-9-16;2-1(3,4)5/h5-14H,1-4H3;(H,2,3,4,5)/q+1;/p-1. The summed E-state index contributed by atoms with van der Waals surface area (Å²) in [6.45, 7) is 2.11. The molecule has 3 rings (SSSR count). The molecule has 0 bridgehead atoms. The van der Waals surface area contributed by atoms with Gasteiger partial charge in [-0.1, -0.05) is 30.3 Å². The molecule has 3 aromatic rings. The minimum absolute atomic E-state index is 0.739. The largest absolute Gasteiger partial charge is 0.493 e. The van der Waals surface area contributed by atoms with E-state index in [1.54, 1.807) is 14.2 Å². The summed E-state index contributed by atoms with van der Waals surface area (Å²) in [6, 6.07) is 16.5. The van der Waals surface area contributed by atoms with Crippen LogP contribution in [-0.4, -0.2) is 14.2 Å². The monoisotopic (exact) mass is 419 g/mol. The highest BCUT2D eigenvalue weighted by Crippen LogP contribution is 2.33. The lowest BCUT2D eigenvalue weighted by molar-refractivity contribution is -2.00. The second-order valence-electron chi connectivity index (χ2n) is 6.15. The molecule has 2 aromatic carbocycles. The van der Waals surface area contributed by atoms with Crippen LogP contribution in [0.5, 0.6) is 11.5 Å². The number of halogens is 1. The second kappa shape index (κ2) is 9.69. The van der Waals surface area contributed by atoms with E-state index in [2.05, 4.69) is 48.9 Å². The first-order valence-electron chi connectivity index (χ1n) is 8.54. The van der Waals surface area contributed by atoms with Crippen molar-refractivity contribution >= 4 is 22.9 Å². The van der Waals surface area contributed by atoms with Crippen LogP contribution in [0.1, 0.15) is 17.0 Å². The molecule has 154 valence electrons. The van der Waals surface area contributed by atoms with E-state index in [0.29, 0.717) is 0 Å². The van der Waals surface area contributed by atoms with Crippen LogP contribution in [0.2, 0.25) is 0 Å². The number of hydrogen-bond donors (Lipinski definition) is 0. The molecule has 0 radical (unpaired) electrons. The molecule has 0 spiro atoms. The van der Waals surface area contributed by atoms with E-state index in [1.165, 1.54) is 11.3 Å². The quantitative estimate of drug-likeness (QED) is 0.522. The van der Waals surface area contributed by atoms with Gasteiger partial charge in [-0.3, -0.25) is 0 Å². The van der Waals surface area contributed by atoms with Gasteiger partial charge < -0.3 is 9.47 Å². The van der Waals surface area contributed by atoms with Crippen LogP contribution in [0.4, 0.5) is 0 Å². The molecule has 0 fully saturated rings. The number of benzene rings is 2. The van der Waals surface area contributed by atoms with Crippen molar-refractivity contribution in [3.8, 4) is 11.5 Å². The molecule has 0 aliphatic rings. The Hall–Kier alpha value is -2.68. The van der Waals surface area contributed by atoms with Gasteiger partial charge in [-0.2, -0.15) is 4.57 Å². The Morgan fingerprint density at radius 2 is 1.41 bits per heavy atom. The van der Waals surface area contributed by atoms with E-state index in [4.69, 9.17) is 28.1 Å². The Bertz CT molecular complexity index is 994. The summed E-state index contributed by atoms with van der Waals surface area (Å²) in [5, 5.41) is 2.27. The minimum atomic E-state index is -4.94. The van der Waals surface area contributed by atoms with Crippen molar-refractivity contribution in [2.24, 2.45) is 7.05 Å². The van der Waals surface area contributed by atoms with Gasteiger partial charge in [0.15, 0.2) is 17.2 Å². The molecular formula is C21H22ClNO6. The van der Waals surface area contributed by atoms with E-state index < -0.39 is 10.2 Å². The maximum Gasteiger partial charge on any atom is 0.213 e. The molecule has 1 aromatic heterocycles. The molecule has 29 heavy (non-hydrogen) atoms. The van der Waals surface area contributed by atoms with Gasteiger partial charge in [0.05, 0.1) is 19.6 Å². The molecule has 0 aliphatic carbocycles. The first-order valence-corrected chi connectivity index (χ1v) is 9.77. The highest BCUT2D eigenvalue weighted by Gasteiger charge is 2.16. The zero-order valence-electron chi connectivity index (χ0n) is 16.5. The topological polar surface area (TPSA) is 115 Å². The van der Waals surface area contributed by atoms with Crippen LogP contribution in [0.25, 0.3) is 22.9 Å². The van der Waals surface area contributed by atoms with Gasteiger partial charge in [-0.25, -0.2) is 18.6 Å². The summed E-state index contributed by atoms with van der Waals surface area (Å²) in [4.78, 5) is 0. The molecule has 8 heteroatoms. The van der Waals surface area contributed by atoms with E-state index in [1.807, 2.05) is 30.3 Å². The molecule has 0 saturated carbocycles. The smallest absolute Gasteiger partial charge is 0.213 e. The zero-order valence-corrected chi connectivity index (χ0v) is 17.3. The predicted molar refractivity (Wildman–Crippen MR) is 98.3 cm³/mol. The fourth-order valence-corrected chi connectivity index (χ4v) is 2.87. The molecule has 7 nitrogen and oxygen atoms in total. The van der Waals surface area contributed by atoms with Gasteiger partial charge in [0.1, 0.15) is 7.05 Å². The Morgan fingerprint density at radius 1 is 0.862 bits per heavy atom. The van der Waals surface area contributed by atoms with Crippen LogP contribution in [-0.2, 0) is 7.05 Å². The average molecular weight is 420 g/mol. The van der Waals surface area contributed by atoms with Crippen LogP contribution in [0, 0.1) is 17.2 Å². The predicted octanol–water partition coefficient (Wildman–Crippen LogP) is -0.596. The third kappa shape index (κ3) is 6.42. The molecule has 0 aliphatic heterocycles. The minimum Gasteiger partial charge on any atom is -0.493 e. The lowest BCUT2D eigenvalue weighted by atomic mass is 10.1. The van der Waals surface area contributed by atoms with Crippen molar-refractivity contribution in [2.45, 2.75) is 6.92 Å². The lowest BCUT2D eigenvalue weighted by Gasteiger charge is -2.17. The number of aromatic nitrogens is 1. The third-order valence-corrected chi connectivity index (χ3v) is 4.32. The summed E-state index contributed by atoms with van der Waals surface area (Å²) in [7, 11) is 0.462. The van der Waals surface area contributed by atoms with Gasteiger partial charge in [0.2, 0.25) is 5.69 Å². The first-order chi connectivity index (χ1) is 13.6. The SMILES string of the molecule is COc1cc2cc(C)[n+](C)c(C=Cc3ccccc3)c2cc1OC.[O-][Cl+3]([O-])([O-])[O-]. The molecule has 0 amide bonds. The van der Waals surface area contributed by atoms with E-state index >= 15 is 0 Å². The second-order valence-corrected chi connectivity index (χ2v) is 6.90. The van der Waals surface area contributed by atoms with E-state index in [0.717, 1.165) is 28.0 Å².